The largest absolute Gasteiger partial charge is 0.480 e. The van der Waals surface area contributed by atoms with Crippen molar-refractivity contribution in [2.24, 2.45) is 5.73 Å². The van der Waals surface area contributed by atoms with Gasteiger partial charge in [0.05, 0.1) is 13.2 Å². The number of allylic oxidation sites excluding steroid dienone is 10. The van der Waals surface area contributed by atoms with Gasteiger partial charge in [0, 0.05) is 12.8 Å². The van der Waals surface area contributed by atoms with Gasteiger partial charge in [0.25, 0.3) is 0 Å². The van der Waals surface area contributed by atoms with Gasteiger partial charge in [-0.15, -0.1) is 0 Å². The number of hydrogen-bond donors (Lipinski definition) is 3. The number of aliphatic carboxylic acids is 1. The van der Waals surface area contributed by atoms with E-state index >= 15 is 0 Å². The lowest BCUT2D eigenvalue weighted by molar-refractivity contribution is -0.161. The van der Waals surface area contributed by atoms with Crippen molar-refractivity contribution >= 4 is 25.7 Å². The predicted molar refractivity (Wildman–Crippen MR) is 194 cm³/mol. The lowest BCUT2D eigenvalue weighted by Gasteiger charge is -2.20. The van der Waals surface area contributed by atoms with Crippen LogP contribution in [0.2, 0.25) is 0 Å². The van der Waals surface area contributed by atoms with Crippen LogP contribution in [0.1, 0.15) is 123 Å². The van der Waals surface area contributed by atoms with Crippen LogP contribution in [-0.4, -0.2) is 59.9 Å². The molecule has 3 atom stereocenters. The van der Waals surface area contributed by atoms with Crippen LogP contribution < -0.4 is 5.73 Å². The second-order valence-corrected chi connectivity index (χ2v) is 13.1. The van der Waals surface area contributed by atoms with Crippen LogP contribution in [0.4, 0.5) is 0 Å². The molecule has 0 aliphatic rings. The molecule has 0 radical (unpaired) electrons. The lowest BCUT2D eigenvalue weighted by atomic mass is 10.1. The quantitative estimate of drug-likeness (QED) is 0.0265. The SMILES string of the molecule is CC/C=C/C/C=C/C/C=C/C/C=C/C/C=C/CCCC(=O)O[C@@H](COC(=O)CCCCCCCCCC)COP(=O)(O)OC[C@H](N)C(=O)O. The Kier molecular flexibility index (Phi) is 30.5. The Hall–Kier alpha value is -2.82. The van der Waals surface area contributed by atoms with Crippen LogP contribution in [0, 0.1) is 0 Å². The topological polar surface area (TPSA) is 172 Å². The predicted octanol–water partition coefficient (Wildman–Crippen LogP) is 8.44. The summed E-state index contributed by atoms with van der Waals surface area (Å²) in [5, 5.41) is 8.83. The molecule has 12 heteroatoms. The standard InChI is InChI=1S/C37H62NO10P/c1-3-5-7-9-11-13-14-15-16-17-18-19-20-21-23-25-27-29-36(40)48-33(31-46-49(43,44)47-32-34(38)37(41)42)30-45-35(39)28-26-24-22-12-10-8-6-4-2/h5,7,11,13,15-16,18-19,21,23,33-34H,3-4,6,8-10,12,14,17,20,22,24-32,38H2,1-2H3,(H,41,42)(H,43,44)/b7-5+,13-11+,16-15+,19-18+,23-21+/t33-,34-/m0/s1. The molecule has 11 nitrogen and oxygen atoms in total. The normalized spacial score (nSPS) is 14.7. The molecule has 0 fully saturated rings. The molecule has 1 unspecified atom stereocenters. The minimum Gasteiger partial charge on any atom is -0.480 e. The van der Waals surface area contributed by atoms with E-state index in [4.69, 9.17) is 24.8 Å². The first kappa shape index (κ1) is 46.2. The van der Waals surface area contributed by atoms with Crippen LogP contribution in [-0.2, 0) is 37.5 Å². The first-order valence-corrected chi connectivity index (χ1v) is 19.3. The summed E-state index contributed by atoms with van der Waals surface area (Å²) in [4.78, 5) is 45.5. The third kappa shape index (κ3) is 32.2. The van der Waals surface area contributed by atoms with E-state index in [0.29, 0.717) is 19.3 Å². The second kappa shape index (κ2) is 32.4. The van der Waals surface area contributed by atoms with Gasteiger partial charge in [-0.25, -0.2) is 4.57 Å². The molecule has 0 saturated carbocycles. The summed E-state index contributed by atoms with van der Waals surface area (Å²) < 4.78 is 32.4. The first-order valence-electron chi connectivity index (χ1n) is 17.8. The number of hydrogen-bond acceptors (Lipinski definition) is 9. The van der Waals surface area contributed by atoms with Gasteiger partial charge in [0.2, 0.25) is 0 Å². The highest BCUT2D eigenvalue weighted by Gasteiger charge is 2.28. The van der Waals surface area contributed by atoms with E-state index in [1.807, 2.05) is 12.2 Å². The Morgan fingerprint density at radius 1 is 0.653 bits per heavy atom. The maximum atomic E-state index is 12.5. The summed E-state index contributed by atoms with van der Waals surface area (Å²) in [6, 6.07) is -1.53. The molecule has 0 aromatic heterocycles. The summed E-state index contributed by atoms with van der Waals surface area (Å²) in [6.07, 6.45) is 34.6. The molecule has 280 valence electrons. The zero-order valence-electron chi connectivity index (χ0n) is 29.8. The Morgan fingerprint density at radius 2 is 1.14 bits per heavy atom. The Labute approximate surface area is 294 Å². The Morgan fingerprint density at radius 3 is 1.69 bits per heavy atom. The van der Waals surface area contributed by atoms with Crippen molar-refractivity contribution in [3.05, 3.63) is 60.8 Å². The highest BCUT2D eigenvalue weighted by molar-refractivity contribution is 7.47. The molecule has 0 aromatic carbocycles. The third-order valence-electron chi connectivity index (χ3n) is 7.03. The minimum atomic E-state index is -4.72. The molecule has 0 aromatic rings. The fraction of sp³-hybridized carbons (Fsp3) is 0.649. The highest BCUT2D eigenvalue weighted by atomic mass is 31.2. The highest BCUT2D eigenvalue weighted by Crippen LogP contribution is 2.43. The monoisotopic (exact) mass is 711 g/mol. The van der Waals surface area contributed by atoms with Gasteiger partial charge < -0.3 is 25.2 Å². The van der Waals surface area contributed by atoms with Crippen LogP contribution in [0.25, 0.3) is 0 Å². The van der Waals surface area contributed by atoms with E-state index in [1.165, 1.54) is 25.7 Å². The lowest BCUT2D eigenvalue weighted by Crippen LogP contribution is -2.34. The summed E-state index contributed by atoms with van der Waals surface area (Å²) in [6.45, 7) is 2.55. The number of carboxylic acids is 1. The van der Waals surface area contributed by atoms with Crippen LogP contribution in [0.15, 0.2) is 60.8 Å². The number of phosphoric acid groups is 1. The molecule has 0 spiro atoms. The molecule has 0 saturated heterocycles. The summed E-state index contributed by atoms with van der Waals surface area (Å²) in [5.74, 6) is -2.47. The number of esters is 2. The Balaban J connectivity index is 4.57. The van der Waals surface area contributed by atoms with Gasteiger partial charge in [-0.3, -0.25) is 23.4 Å². The van der Waals surface area contributed by atoms with E-state index in [1.54, 1.807) is 0 Å². The molecule has 0 bridgehead atoms. The number of nitrogens with two attached hydrogens (primary N) is 1. The fourth-order valence-corrected chi connectivity index (χ4v) is 4.99. The number of carbonyl (C=O) groups is 3. The van der Waals surface area contributed by atoms with Gasteiger partial charge in [0.1, 0.15) is 12.6 Å². The van der Waals surface area contributed by atoms with Crippen LogP contribution >= 0.6 is 7.82 Å². The van der Waals surface area contributed by atoms with Crippen molar-refractivity contribution in [3.8, 4) is 0 Å². The maximum absolute atomic E-state index is 12.5. The van der Waals surface area contributed by atoms with Crippen molar-refractivity contribution in [3.63, 3.8) is 0 Å². The van der Waals surface area contributed by atoms with Gasteiger partial charge in [0.15, 0.2) is 6.10 Å². The molecule has 0 aliphatic heterocycles. The van der Waals surface area contributed by atoms with Crippen LogP contribution in [0.5, 0.6) is 0 Å². The molecule has 0 aliphatic carbocycles. The van der Waals surface area contributed by atoms with Crippen molar-refractivity contribution in [2.45, 2.75) is 135 Å². The first-order chi connectivity index (χ1) is 23.6. The number of rotatable bonds is 32. The van der Waals surface area contributed by atoms with Crippen molar-refractivity contribution < 1.29 is 47.5 Å². The zero-order chi connectivity index (χ0) is 36.4. The van der Waals surface area contributed by atoms with Crippen molar-refractivity contribution in [1.29, 1.82) is 0 Å². The van der Waals surface area contributed by atoms with Gasteiger partial charge in [-0.1, -0.05) is 120 Å². The minimum absolute atomic E-state index is 0.0811. The van der Waals surface area contributed by atoms with E-state index in [0.717, 1.165) is 51.4 Å². The summed E-state index contributed by atoms with van der Waals surface area (Å²) in [7, 11) is -4.72. The number of carboxylic acid groups (broad SMARTS) is 1. The van der Waals surface area contributed by atoms with E-state index in [9.17, 15) is 23.8 Å². The third-order valence-corrected chi connectivity index (χ3v) is 7.98. The van der Waals surface area contributed by atoms with Crippen LogP contribution in [0.3, 0.4) is 0 Å². The number of ether oxygens (including phenoxy) is 2. The second-order valence-electron chi connectivity index (χ2n) is 11.6. The molecular formula is C37H62NO10P. The van der Waals surface area contributed by atoms with Gasteiger partial charge >= 0.3 is 25.7 Å². The average molecular weight is 712 g/mol. The molecule has 0 rings (SSSR count). The molecule has 0 amide bonds. The number of unbranched alkanes of at least 4 members (excludes halogenated alkanes) is 8. The van der Waals surface area contributed by atoms with E-state index in [2.05, 4.69) is 67.0 Å². The Bertz CT molecular complexity index is 1070. The fourth-order valence-electron chi connectivity index (χ4n) is 4.22. The van der Waals surface area contributed by atoms with Crippen molar-refractivity contribution in [1.82, 2.24) is 0 Å². The number of carbonyl (C=O) groups excluding carboxylic acids is 2. The summed E-state index contributed by atoms with van der Waals surface area (Å²) >= 11 is 0. The molecule has 0 heterocycles. The molecular weight excluding hydrogens is 649 g/mol. The average Bonchev–Trinajstić information content (AvgIpc) is 3.07. The van der Waals surface area contributed by atoms with Crippen molar-refractivity contribution in [2.75, 3.05) is 19.8 Å². The number of phosphoric ester groups is 1. The van der Waals surface area contributed by atoms with Gasteiger partial charge in [-0.2, -0.15) is 0 Å². The smallest absolute Gasteiger partial charge is 0.472 e. The zero-order valence-corrected chi connectivity index (χ0v) is 30.6. The summed E-state index contributed by atoms with van der Waals surface area (Å²) in [5.41, 5.74) is 5.30. The van der Waals surface area contributed by atoms with E-state index in [-0.39, 0.29) is 19.4 Å². The van der Waals surface area contributed by atoms with E-state index < -0.39 is 51.1 Å². The maximum Gasteiger partial charge on any atom is 0.472 e. The van der Waals surface area contributed by atoms with Gasteiger partial charge in [-0.05, 0) is 51.4 Å². The molecule has 49 heavy (non-hydrogen) atoms. The molecule has 4 N–H and O–H groups in total.